The van der Waals surface area contributed by atoms with Gasteiger partial charge >= 0.3 is 5.97 Å². The number of nitriles is 1. The SMILES string of the molecule is COc1ccc(F)cc1C(Cc1cccc(C#N)c1)C(=O)O. The molecule has 0 aliphatic rings. The van der Waals surface area contributed by atoms with Crippen LogP contribution in [0.4, 0.5) is 4.39 Å². The van der Waals surface area contributed by atoms with Gasteiger partial charge in [0.05, 0.1) is 24.7 Å². The Hall–Kier alpha value is -2.87. The van der Waals surface area contributed by atoms with E-state index in [-0.39, 0.29) is 12.0 Å². The summed E-state index contributed by atoms with van der Waals surface area (Å²) in [6.07, 6.45) is 0.144. The number of benzene rings is 2. The minimum atomic E-state index is -1.08. The summed E-state index contributed by atoms with van der Waals surface area (Å²) in [5, 5.41) is 18.4. The topological polar surface area (TPSA) is 70.3 Å². The molecule has 5 heteroatoms. The zero-order valence-corrected chi connectivity index (χ0v) is 11.9. The fraction of sp³-hybridized carbons (Fsp3) is 0.176. The van der Waals surface area contributed by atoms with Crippen LogP contribution in [0.2, 0.25) is 0 Å². The van der Waals surface area contributed by atoms with Gasteiger partial charge in [-0.05, 0) is 42.3 Å². The van der Waals surface area contributed by atoms with Gasteiger partial charge in [-0.15, -0.1) is 0 Å². The number of rotatable bonds is 5. The summed E-state index contributed by atoms with van der Waals surface area (Å²) in [6, 6.07) is 12.5. The second-order valence-electron chi connectivity index (χ2n) is 4.79. The van der Waals surface area contributed by atoms with Crippen molar-refractivity contribution in [2.75, 3.05) is 7.11 Å². The number of nitrogens with zero attached hydrogens (tertiary/aromatic N) is 1. The Bertz CT molecular complexity index is 737. The van der Waals surface area contributed by atoms with E-state index in [1.165, 1.54) is 25.3 Å². The molecule has 0 saturated heterocycles. The second-order valence-corrected chi connectivity index (χ2v) is 4.79. The van der Waals surface area contributed by atoms with E-state index in [2.05, 4.69) is 0 Å². The van der Waals surface area contributed by atoms with E-state index in [1.54, 1.807) is 24.3 Å². The van der Waals surface area contributed by atoms with Gasteiger partial charge in [-0.3, -0.25) is 4.79 Å². The first-order valence-electron chi connectivity index (χ1n) is 6.60. The largest absolute Gasteiger partial charge is 0.496 e. The molecule has 1 atom stereocenters. The first-order valence-corrected chi connectivity index (χ1v) is 6.60. The Morgan fingerprint density at radius 2 is 2.14 bits per heavy atom. The molecule has 0 bridgehead atoms. The van der Waals surface area contributed by atoms with Crippen LogP contribution in [-0.2, 0) is 11.2 Å². The van der Waals surface area contributed by atoms with Crippen LogP contribution in [0.15, 0.2) is 42.5 Å². The van der Waals surface area contributed by atoms with E-state index in [0.29, 0.717) is 16.9 Å². The molecule has 4 nitrogen and oxygen atoms in total. The maximum Gasteiger partial charge on any atom is 0.311 e. The monoisotopic (exact) mass is 299 g/mol. The number of methoxy groups -OCH3 is 1. The predicted molar refractivity (Wildman–Crippen MR) is 78.2 cm³/mol. The van der Waals surface area contributed by atoms with E-state index in [0.717, 1.165) is 0 Å². The number of halogens is 1. The number of carboxylic acids is 1. The van der Waals surface area contributed by atoms with Gasteiger partial charge in [-0.2, -0.15) is 5.26 Å². The van der Waals surface area contributed by atoms with E-state index in [9.17, 15) is 14.3 Å². The lowest BCUT2D eigenvalue weighted by Crippen LogP contribution is -2.16. The van der Waals surface area contributed by atoms with Crippen LogP contribution in [0.25, 0.3) is 0 Å². The van der Waals surface area contributed by atoms with Crippen LogP contribution in [0.3, 0.4) is 0 Å². The van der Waals surface area contributed by atoms with Gasteiger partial charge in [0.1, 0.15) is 11.6 Å². The normalized spacial score (nSPS) is 11.5. The number of aliphatic carboxylic acids is 1. The fourth-order valence-corrected chi connectivity index (χ4v) is 2.31. The molecule has 0 aromatic heterocycles. The predicted octanol–water partition coefficient (Wildman–Crippen LogP) is 3.12. The fourth-order valence-electron chi connectivity index (χ4n) is 2.31. The molecular formula is C17H14FNO3. The Morgan fingerprint density at radius 3 is 2.77 bits per heavy atom. The first kappa shape index (κ1) is 15.5. The lowest BCUT2D eigenvalue weighted by atomic mass is 9.90. The lowest BCUT2D eigenvalue weighted by molar-refractivity contribution is -0.138. The molecule has 1 unspecified atom stereocenters. The van der Waals surface area contributed by atoms with Gasteiger partial charge in [0.15, 0.2) is 0 Å². The van der Waals surface area contributed by atoms with E-state index in [4.69, 9.17) is 10.00 Å². The Kier molecular flexibility index (Phi) is 4.74. The lowest BCUT2D eigenvalue weighted by Gasteiger charge is -2.16. The third kappa shape index (κ3) is 3.41. The molecule has 112 valence electrons. The smallest absolute Gasteiger partial charge is 0.311 e. The van der Waals surface area contributed by atoms with Crippen molar-refractivity contribution in [1.29, 1.82) is 5.26 Å². The number of carbonyl (C=O) groups is 1. The van der Waals surface area contributed by atoms with Crippen molar-refractivity contribution in [3.8, 4) is 11.8 Å². The molecule has 22 heavy (non-hydrogen) atoms. The highest BCUT2D eigenvalue weighted by atomic mass is 19.1. The summed E-state index contributed by atoms with van der Waals surface area (Å²) in [7, 11) is 1.41. The summed E-state index contributed by atoms with van der Waals surface area (Å²) in [4.78, 5) is 11.6. The van der Waals surface area contributed by atoms with Gasteiger partial charge in [0.25, 0.3) is 0 Å². The van der Waals surface area contributed by atoms with Crippen LogP contribution >= 0.6 is 0 Å². The number of ether oxygens (including phenoxy) is 1. The van der Waals surface area contributed by atoms with Gasteiger partial charge in [-0.25, -0.2) is 4.39 Å². The zero-order valence-electron chi connectivity index (χ0n) is 11.9. The van der Waals surface area contributed by atoms with Gasteiger partial charge in [0.2, 0.25) is 0 Å². The standard InChI is InChI=1S/C17H14FNO3/c1-22-16-6-5-13(18)9-14(16)15(17(20)21)8-11-3-2-4-12(7-11)10-19/h2-7,9,15H,8H2,1H3,(H,20,21). The van der Waals surface area contributed by atoms with Crippen LogP contribution in [0.5, 0.6) is 5.75 Å². The first-order chi connectivity index (χ1) is 10.5. The Morgan fingerprint density at radius 1 is 1.36 bits per heavy atom. The molecule has 1 N–H and O–H groups in total. The molecule has 0 amide bonds. The highest BCUT2D eigenvalue weighted by Crippen LogP contribution is 2.30. The Balaban J connectivity index is 2.41. The number of hydrogen-bond acceptors (Lipinski definition) is 3. The molecule has 0 saturated carbocycles. The zero-order chi connectivity index (χ0) is 16.1. The average molecular weight is 299 g/mol. The number of hydrogen-bond donors (Lipinski definition) is 1. The molecule has 2 aromatic rings. The third-order valence-electron chi connectivity index (χ3n) is 3.36. The summed E-state index contributed by atoms with van der Waals surface area (Å²) in [5.74, 6) is -2.23. The van der Waals surface area contributed by atoms with Crippen LogP contribution < -0.4 is 4.74 Å². The molecule has 2 aromatic carbocycles. The summed E-state index contributed by atoms with van der Waals surface area (Å²) in [6.45, 7) is 0. The van der Waals surface area contributed by atoms with Gasteiger partial charge in [0, 0.05) is 5.56 Å². The molecule has 0 fully saturated rings. The Labute approximate surface area is 127 Å². The molecule has 0 aliphatic heterocycles. The van der Waals surface area contributed by atoms with Crippen LogP contribution in [0, 0.1) is 17.1 Å². The maximum atomic E-state index is 13.5. The van der Waals surface area contributed by atoms with E-state index in [1.807, 2.05) is 6.07 Å². The highest BCUT2D eigenvalue weighted by molar-refractivity contribution is 5.77. The van der Waals surface area contributed by atoms with Crippen molar-refractivity contribution in [3.05, 3.63) is 65.0 Å². The molecule has 2 rings (SSSR count). The van der Waals surface area contributed by atoms with Crippen LogP contribution in [0.1, 0.15) is 22.6 Å². The molecule has 0 heterocycles. The van der Waals surface area contributed by atoms with Crippen molar-refractivity contribution in [3.63, 3.8) is 0 Å². The maximum absolute atomic E-state index is 13.5. The minimum absolute atomic E-state index is 0.144. The summed E-state index contributed by atoms with van der Waals surface area (Å²) in [5.41, 5.74) is 1.42. The van der Waals surface area contributed by atoms with Gasteiger partial charge in [-0.1, -0.05) is 12.1 Å². The molecule has 0 aliphatic carbocycles. The quantitative estimate of drug-likeness (QED) is 0.921. The van der Waals surface area contributed by atoms with Crippen LogP contribution in [-0.4, -0.2) is 18.2 Å². The van der Waals surface area contributed by atoms with E-state index >= 15 is 0 Å². The third-order valence-corrected chi connectivity index (χ3v) is 3.36. The van der Waals surface area contributed by atoms with Gasteiger partial charge < -0.3 is 9.84 Å². The van der Waals surface area contributed by atoms with Crippen molar-refractivity contribution in [1.82, 2.24) is 0 Å². The second kappa shape index (κ2) is 6.72. The average Bonchev–Trinajstić information content (AvgIpc) is 2.52. The molecule has 0 spiro atoms. The van der Waals surface area contributed by atoms with E-state index < -0.39 is 17.7 Å². The highest BCUT2D eigenvalue weighted by Gasteiger charge is 2.24. The molecular weight excluding hydrogens is 285 g/mol. The van der Waals surface area contributed by atoms with Crippen molar-refractivity contribution < 1.29 is 19.0 Å². The minimum Gasteiger partial charge on any atom is -0.496 e. The van der Waals surface area contributed by atoms with Crippen molar-refractivity contribution in [2.45, 2.75) is 12.3 Å². The van der Waals surface area contributed by atoms with Crippen molar-refractivity contribution >= 4 is 5.97 Å². The summed E-state index contributed by atoms with van der Waals surface area (Å²) >= 11 is 0. The van der Waals surface area contributed by atoms with Crippen molar-refractivity contribution in [2.24, 2.45) is 0 Å². The number of carboxylic acid groups (broad SMARTS) is 1. The summed E-state index contributed by atoms with van der Waals surface area (Å²) < 4.78 is 18.6. The molecule has 0 radical (unpaired) electrons.